The monoisotopic (exact) mass is 212 g/mol. The van der Waals surface area contributed by atoms with Crippen LogP contribution in [-0.4, -0.2) is 10.9 Å². The number of ketones is 1. The van der Waals surface area contributed by atoms with E-state index in [1.807, 2.05) is 30.4 Å². The fourth-order valence-electron chi connectivity index (χ4n) is 1.50. The predicted molar refractivity (Wildman–Crippen MR) is 63.3 cm³/mol. The number of aromatic hydroxyl groups is 1. The van der Waals surface area contributed by atoms with Gasteiger partial charge in [-0.3, -0.25) is 4.79 Å². The molecule has 0 atom stereocenters. The van der Waals surface area contributed by atoms with Crippen LogP contribution in [0.2, 0.25) is 0 Å². The molecule has 16 heavy (non-hydrogen) atoms. The highest BCUT2D eigenvalue weighted by atomic mass is 16.3. The maximum absolute atomic E-state index is 11.7. The number of carbonyl (C=O) groups excluding carboxylic acids is 1. The molecule has 1 aliphatic carbocycles. The Kier molecular flexibility index (Phi) is 3.01. The smallest absolute Gasteiger partial charge is 0.185 e. The lowest BCUT2D eigenvalue weighted by Gasteiger charge is -1.97. The zero-order valence-corrected chi connectivity index (χ0v) is 8.71. The van der Waals surface area contributed by atoms with E-state index in [2.05, 4.69) is 0 Å². The maximum atomic E-state index is 11.7. The van der Waals surface area contributed by atoms with Crippen molar-refractivity contribution in [3.63, 3.8) is 0 Å². The Labute approximate surface area is 94.2 Å². The van der Waals surface area contributed by atoms with Gasteiger partial charge in [-0.1, -0.05) is 30.4 Å². The second kappa shape index (κ2) is 4.62. The van der Waals surface area contributed by atoms with E-state index in [0.29, 0.717) is 5.56 Å². The first-order valence-electron chi connectivity index (χ1n) is 5.12. The minimum absolute atomic E-state index is 0.0475. The van der Waals surface area contributed by atoms with E-state index >= 15 is 0 Å². The Morgan fingerprint density at radius 2 is 1.75 bits per heavy atom. The lowest BCUT2D eigenvalue weighted by atomic mass is 10.1. The summed E-state index contributed by atoms with van der Waals surface area (Å²) in [5, 5.41) is 9.09. The first-order valence-corrected chi connectivity index (χ1v) is 5.12. The van der Waals surface area contributed by atoms with Gasteiger partial charge in [0.1, 0.15) is 5.75 Å². The molecule has 0 bridgehead atoms. The quantitative estimate of drug-likeness (QED) is 0.618. The van der Waals surface area contributed by atoms with Crippen molar-refractivity contribution in [3.8, 4) is 5.75 Å². The highest BCUT2D eigenvalue weighted by molar-refractivity contribution is 6.04. The summed E-state index contributed by atoms with van der Waals surface area (Å²) in [6, 6.07) is 6.25. The molecule has 1 N–H and O–H groups in total. The van der Waals surface area contributed by atoms with E-state index in [1.54, 1.807) is 18.2 Å². The van der Waals surface area contributed by atoms with Crippen molar-refractivity contribution in [2.24, 2.45) is 5.92 Å². The molecular formula is C14H12O2. The molecule has 2 heteroatoms. The number of phenolic OH excluding ortho intramolecular Hbond substituents is 1. The molecule has 0 spiro atoms. The van der Waals surface area contributed by atoms with E-state index in [4.69, 9.17) is 5.11 Å². The van der Waals surface area contributed by atoms with E-state index in [0.717, 1.165) is 0 Å². The average molecular weight is 212 g/mol. The van der Waals surface area contributed by atoms with Gasteiger partial charge >= 0.3 is 0 Å². The molecule has 0 aromatic heterocycles. The molecule has 0 radical (unpaired) electrons. The van der Waals surface area contributed by atoms with Crippen LogP contribution in [0, 0.1) is 5.92 Å². The molecular weight excluding hydrogens is 200 g/mol. The van der Waals surface area contributed by atoms with Crippen molar-refractivity contribution >= 4 is 5.78 Å². The van der Waals surface area contributed by atoms with Crippen molar-refractivity contribution in [3.05, 3.63) is 66.3 Å². The summed E-state index contributed by atoms with van der Waals surface area (Å²) in [6.45, 7) is 0. The molecule has 0 heterocycles. The third-order valence-corrected chi connectivity index (χ3v) is 2.40. The summed E-state index contributed by atoms with van der Waals surface area (Å²) in [4.78, 5) is 11.7. The van der Waals surface area contributed by atoms with Gasteiger partial charge in [0.15, 0.2) is 5.78 Å². The molecule has 0 amide bonds. The third kappa shape index (κ3) is 2.48. The van der Waals surface area contributed by atoms with Crippen LogP contribution in [0.25, 0.3) is 0 Å². The van der Waals surface area contributed by atoms with Crippen LogP contribution in [0.3, 0.4) is 0 Å². The molecule has 2 nitrogen and oxygen atoms in total. The van der Waals surface area contributed by atoms with E-state index in [-0.39, 0.29) is 17.5 Å². The number of rotatable bonds is 3. The molecule has 1 aromatic carbocycles. The first-order chi connectivity index (χ1) is 7.75. The largest absolute Gasteiger partial charge is 0.508 e. The Hall–Kier alpha value is -2.09. The first kappa shape index (κ1) is 10.4. The minimum Gasteiger partial charge on any atom is -0.508 e. The van der Waals surface area contributed by atoms with Gasteiger partial charge in [0.2, 0.25) is 0 Å². The molecule has 2 rings (SSSR count). The SMILES string of the molecule is O=C(C=CC1C=CC=C1)c1ccc(O)cc1. The van der Waals surface area contributed by atoms with Gasteiger partial charge in [0, 0.05) is 11.5 Å². The number of hydrogen-bond acceptors (Lipinski definition) is 2. The van der Waals surface area contributed by atoms with Crippen LogP contribution in [0.1, 0.15) is 10.4 Å². The molecule has 1 aliphatic rings. The van der Waals surface area contributed by atoms with Crippen LogP contribution in [0.5, 0.6) is 5.75 Å². The van der Waals surface area contributed by atoms with Gasteiger partial charge in [0.25, 0.3) is 0 Å². The van der Waals surface area contributed by atoms with Crippen LogP contribution >= 0.6 is 0 Å². The van der Waals surface area contributed by atoms with E-state index in [9.17, 15) is 4.79 Å². The van der Waals surface area contributed by atoms with Crippen LogP contribution in [0.15, 0.2) is 60.7 Å². The summed E-state index contributed by atoms with van der Waals surface area (Å²) >= 11 is 0. The number of carbonyl (C=O) groups is 1. The van der Waals surface area contributed by atoms with Gasteiger partial charge in [0.05, 0.1) is 0 Å². The standard InChI is InChI=1S/C14H12O2/c15-13-8-6-12(7-9-13)14(16)10-5-11-3-1-2-4-11/h1-11,15H. The third-order valence-electron chi connectivity index (χ3n) is 2.40. The zero-order valence-electron chi connectivity index (χ0n) is 8.71. The second-order valence-corrected chi connectivity index (χ2v) is 3.62. The lowest BCUT2D eigenvalue weighted by molar-refractivity contribution is 0.104. The van der Waals surface area contributed by atoms with Crippen molar-refractivity contribution in [2.45, 2.75) is 0 Å². The van der Waals surface area contributed by atoms with Crippen LogP contribution in [0.4, 0.5) is 0 Å². The Bertz CT molecular complexity index is 452. The predicted octanol–water partition coefficient (Wildman–Crippen LogP) is 2.87. The fraction of sp³-hybridized carbons (Fsp3) is 0.0714. The summed E-state index contributed by atoms with van der Waals surface area (Å²) < 4.78 is 0. The van der Waals surface area contributed by atoms with Crippen LogP contribution < -0.4 is 0 Å². The Morgan fingerprint density at radius 1 is 1.12 bits per heavy atom. The van der Waals surface area contributed by atoms with Crippen molar-refractivity contribution < 1.29 is 9.90 Å². The normalized spacial score (nSPS) is 15.0. The van der Waals surface area contributed by atoms with E-state index < -0.39 is 0 Å². The number of phenols is 1. The molecule has 80 valence electrons. The maximum Gasteiger partial charge on any atom is 0.185 e. The minimum atomic E-state index is -0.0475. The number of benzene rings is 1. The number of allylic oxidation sites excluding steroid dienone is 6. The van der Waals surface area contributed by atoms with Gasteiger partial charge in [-0.05, 0) is 30.3 Å². The molecule has 0 saturated heterocycles. The molecule has 0 unspecified atom stereocenters. The number of hydrogen-bond donors (Lipinski definition) is 1. The summed E-state index contributed by atoms with van der Waals surface area (Å²) in [5.41, 5.74) is 0.583. The van der Waals surface area contributed by atoms with Crippen molar-refractivity contribution in [2.75, 3.05) is 0 Å². The molecule has 0 aliphatic heterocycles. The van der Waals surface area contributed by atoms with Crippen molar-refractivity contribution in [1.29, 1.82) is 0 Å². The highest BCUT2D eigenvalue weighted by Gasteiger charge is 2.03. The summed E-state index contributed by atoms with van der Waals surface area (Å²) in [7, 11) is 0. The van der Waals surface area contributed by atoms with Crippen LogP contribution in [-0.2, 0) is 0 Å². The van der Waals surface area contributed by atoms with Gasteiger partial charge in [-0.25, -0.2) is 0 Å². The Balaban J connectivity index is 2.05. The average Bonchev–Trinajstić information content (AvgIpc) is 2.80. The fourth-order valence-corrected chi connectivity index (χ4v) is 1.50. The van der Waals surface area contributed by atoms with E-state index in [1.165, 1.54) is 12.1 Å². The summed E-state index contributed by atoms with van der Waals surface area (Å²) in [5.74, 6) is 0.344. The lowest BCUT2D eigenvalue weighted by Crippen LogP contribution is -1.94. The van der Waals surface area contributed by atoms with Gasteiger partial charge in [-0.15, -0.1) is 0 Å². The molecule has 1 aromatic rings. The zero-order chi connectivity index (χ0) is 11.4. The topological polar surface area (TPSA) is 37.3 Å². The summed E-state index contributed by atoms with van der Waals surface area (Å²) in [6.07, 6.45) is 11.4. The van der Waals surface area contributed by atoms with Gasteiger partial charge in [-0.2, -0.15) is 0 Å². The highest BCUT2D eigenvalue weighted by Crippen LogP contribution is 2.13. The van der Waals surface area contributed by atoms with Gasteiger partial charge < -0.3 is 5.11 Å². The van der Waals surface area contributed by atoms with Crippen molar-refractivity contribution in [1.82, 2.24) is 0 Å². The molecule has 0 fully saturated rings. The second-order valence-electron chi connectivity index (χ2n) is 3.62. The Morgan fingerprint density at radius 3 is 2.38 bits per heavy atom. The molecule has 0 saturated carbocycles.